The fourth-order valence-corrected chi connectivity index (χ4v) is 2.73. The number of hydrogen-bond donors (Lipinski definition) is 2. The summed E-state index contributed by atoms with van der Waals surface area (Å²) in [5, 5.41) is 12.7. The van der Waals surface area contributed by atoms with Crippen molar-refractivity contribution in [2.75, 3.05) is 38.2 Å². The number of nitrogens with zero attached hydrogens (tertiary/aromatic N) is 2. The van der Waals surface area contributed by atoms with Crippen LogP contribution in [0.3, 0.4) is 0 Å². The molecule has 124 valence electrons. The summed E-state index contributed by atoms with van der Waals surface area (Å²) in [6, 6.07) is 9.68. The molecule has 23 heavy (non-hydrogen) atoms. The van der Waals surface area contributed by atoms with Gasteiger partial charge in [0.2, 0.25) is 0 Å². The lowest BCUT2D eigenvalue weighted by Gasteiger charge is -2.20. The van der Waals surface area contributed by atoms with E-state index < -0.39 is 0 Å². The molecule has 2 N–H and O–H groups in total. The molecular formula is C16H21N3O3S. The SMILES string of the molecule is CCN(CCOCCO)C(=O)c1ncsc1Nc1ccccc1. The second-order valence-electron chi connectivity index (χ2n) is 4.74. The van der Waals surface area contributed by atoms with E-state index in [2.05, 4.69) is 10.3 Å². The van der Waals surface area contributed by atoms with Crippen LogP contribution in [-0.4, -0.2) is 53.8 Å². The highest BCUT2D eigenvalue weighted by molar-refractivity contribution is 7.14. The number of nitrogens with one attached hydrogen (secondary N) is 1. The molecule has 0 atom stereocenters. The molecule has 1 heterocycles. The molecule has 0 fully saturated rings. The number of para-hydroxylation sites is 1. The number of hydrogen-bond acceptors (Lipinski definition) is 6. The lowest BCUT2D eigenvalue weighted by atomic mass is 10.3. The number of aromatic nitrogens is 1. The van der Waals surface area contributed by atoms with E-state index in [-0.39, 0.29) is 19.1 Å². The number of aliphatic hydroxyl groups is 1. The molecule has 1 aromatic heterocycles. The first kappa shape index (κ1) is 17.4. The van der Waals surface area contributed by atoms with E-state index in [1.54, 1.807) is 10.4 Å². The van der Waals surface area contributed by atoms with Crippen LogP contribution in [0.2, 0.25) is 0 Å². The third-order valence-corrected chi connectivity index (χ3v) is 3.95. The van der Waals surface area contributed by atoms with Crippen LogP contribution >= 0.6 is 11.3 Å². The van der Waals surface area contributed by atoms with Gasteiger partial charge in [-0.1, -0.05) is 18.2 Å². The Hall–Kier alpha value is -1.96. The number of carbonyl (C=O) groups excluding carboxylic acids is 1. The largest absolute Gasteiger partial charge is 0.394 e. The standard InChI is InChI=1S/C16H21N3O3S/c1-2-19(8-10-22-11-9-20)16(21)14-15(23-12-17-14)18-13-6-4-3-5-7-13/h3-7,12,18,20H,2,8-11H2,1H3. The second-order valence-corrected chi connectivity index (χ2v) is 5.60. The number of ether oxygens (including phenoxy) is 1. The Balaban J connectivity index is 2.02. The van der Waals surface area contributed by atoms with E-state index in [1.807, 2.05) is 37.3 Å². The number of thiazole rings is 1. The molecule has 1 aromatic carbocycles. The van der Waals surface area contributed by atoms with Crippen molar-refractivity contribution >= 4 is 27.9 Å². The van der Waals surface area contributed by atoms with Gasteiger partial charge in [0.05, 0.1) is 25.3 Å². The zero-order valence-electron chi connectivity index (χ0n) is 13.1. The molecule has 0 unspecified atom stereocenters. The van der Waals surface area contributed by atoms with Crippen LogP contribution in [0.25, 0.3) is 0 Å². The molecule has 7 heteroatoms. The Bertz CT molecular complexity index is 604. The van der Waals surface area contributed by atoms with Gasteiger partial charge in [-0.2, -0.15) is 0 Å². The zero-order valence-corrected chi connectivity index (χ0v) is 13.9. The van der Waals surface area contributed by atoms with Gasteiger partial charge in [0.1, 0.15) is 5.00 Å². The number of rotatable bonds is 9. The van der Waals surface area contributed by atoms with Crippen molar-refractivity contribution in [2.24, 2.45) is 0 Å². The molecule has 0 saturated carbocycles. The molecule has 0 aliphatic carbocycles. The zero-order chi connectivity index (χ0) is 16.5. The van der Waals surface area contributed by atoms with Gasteiger partial charge in [-0.25, -0.2) is 4.98 Å². The average molecular weight is 335 g/mol. The maximum atomic E-state index is 12.6. The average Bonchev–Trinajstić information content (AvgIpc) is 3.03. The minimum Gasteiger partial charge on any atom is -0.394 e. The minimum atomic E-state index is -0.125. The summed E-state index contributed by atoms with van der Waals surface area (Å²) >= 11 is 1.40. The minimum absolute atomic E-state index is 0.0166. The Kier molecular flexibility index (Phi) is 6.99. The lowest BCUT2D eigenvalue weighted by molar-refractivity contribution is 0.0576. The molecule has 0 aliphatic rings. The van der Waals surface area contributed by atoms with Crippen molar-refractivity contribution in [3.05, 3.63) is 41.5 Å². The summed E-state index contributed by atoms with van der Waals surface area (Å²) in [6.45, 7) is 3.62. The molecule has 0 spiro atoms. The first-order valence-corrected chi connectivity index (χ1v) is 8.37. The Labute approximate surface area is 139 Å². The quantitative estimate of drug-likeness (QED) is 0.688. The molecular weight excluding hydrogens is 314 g/mol. The second kappa shape index (κ2) is 9.24. The van der Waals surface area contributed by atoms with Gasteiger partial charge in [0.25, 0.3) is 5.91 Å². The summed E-state index contributed by atoms with van der Waals surface area (Å²) < 4.78 is 5.23. The van der Waals surface area contributed by atoms with Gasteiger partial charge < -0.3 is 20.1 Å². The van der Waals surface area contributed by atoms with Gasteiger partial charge >= 0.3 is 0 Å². The number of carbonyl (C=O) groups is 1. The van der Waals surface area contributed by atoms with Crippen LogP contribution < -0.4 is 5.32 Å². The van der Waals surface area contributed by atoms with Crippen LogP contribution in [0.4, 0.5) is 10.7 Å². The molecule has 1 amide bonds. The highest BCUT2D eigenvalue weighted by Crippen LogP contribution is 2.25. The number of anilines is 2. The molecule has 0 bridgehead atoms. The van der Waals surface area contributed by atoms with Gasteiger partial charge in [-0.05, 0) is 19.1 Å². The van der Waals surface area contributed by atoms with E-state index in [0.717, 1.165) is 10.7 Å². The van der Waals surface area contributed by atoms with Crippen LogP contribution in [0.5, 0.6) is 0 Å². The molecule has 0 saturated heterocycles. The molecule has 0 radical (unpaired) electrons. The number of amides is 1. The van der Waals surface area contributed by atoms with Crippen molar-refractivity contribution in [1.82, 2.24) is 9.88 Å². The maximum absolute atomic E-state index is 12.6. The summed E-state index contributed by atoms with van der Waals surface area (Å²) in [5.74, 6) is -0.125. The first-order valence-electron chi connectivity index (χ1n) is 7.49. The topological polar surface area (TPSA) is 74.7 Å². The fraction of sp³-hybridized carbons (Fsp3) is 0.375. The van der Waals surface area contributed by atoms with Gasteiger partial charge in [0, 0.05) is 18.8 Å². The van der Waals surface area contributed by atoms with Crippen molar-refractivity contribution in [2.45, 2.75) is 6.92 Å². The lowest BCUT2D eigenvalue weighted by Crippen LogP contribution is -2.34. The van der Waals surface area contributed by atoms with Crippen molar-refractivity contribution in [1.29, 1.82) is 0 Å². The van der Waals surface area contributed by atoms with Gasteiger partial charge in [0.15, 0.2) is 5.69 Å². The summed E-state index contributed by atoms with van der Waals surface area (Å²) in [4.78, 5) is 18.5. The Morgan fingerprint density at radius 2 is 2.13 bits per heavy atom. The van der Waals surface area contributed by atoms with Crippen molar-refractivity contribution in [3.8, 4) is 0 Å². The fourth-order valence-electron chi connectivity index (χ4n) is 2.03. The predicted octanol–water partition coefficient (Wildman–Crippen LogP) is 2.36. The van der Waals surface area contributed by atoms with Gasteiger partial charge in [-0.3, -0.25) is 4.79 Å². The van der Waals surface area contributed by atoms with E-state index in [4.69, 9.17) is 9.84 Å². The number of benzene rings is 1. The molecule has 2 rings (SSSR count). The number of likely N-dealkylation sites (N-methyl/N-ethyl adjacent to an activating group) is 1. The van der Waals surface area contributed by atoms with E-state index >= 15 is 0 Å². The molecule has 0 aliphatic heterocycles. The predicted molar refractivity (Wildman–Crippen MR) is 91.3 cm³/mol. The van der Waals surface area contributed by atoms with E-state index in [0.29, 0.717) is 25.4 Å². The highest BCUT2D eigenvalue weighted by atomic mass is 32.1. The normalized spacial score (nSPS) is 10.5. The van der Waals surface area contributed by atoms with Gasteiger partial charge in [-0.15, -0.1) is 11.3 Å². The smallest absolute Gasteiger partial charge is 0.275 e. The monoisotopic (exact) mass is 335 g/mol. The van der Waals surface area contributed by atoms with E-state index in [9.17, 15) is 4.79 Å². The van der Waals surface area contributed by atoms with Crippen LogP contribution in [0.15, 0.2) is 35.8 Å². The van der Waals surface area contributed by atoms with Crippen molar-refractivity contribution < 1.29 is 14.6 Å². The van der Waals surface area contributed by atoms with Crippen LogP contribution in [0.1, 0.15) is 17.4 Å². The number of aliphatic hydroxyl groups excluding tert-OH is 1. The summed E-state index contributed by atoms with van der Waals surface area (Å²) in [6.07, 6.45) is 0. The van der Waals surface area contributed by atoms with Crippen molar-refractivity contribution in [3.63, 3.8) is 0 Å². The Morgan fingerprint density at radius 3 is 2.83 bits per heavy atom. The van der Waals surface area contributed by atoms with Crippen LogP contribution in [0, 0.1) is 0 Å². The Morgan fingerprint density at radius 1 is 1.35 bits per heavy atom. The summed E-state index contributed by atoms with van der Waals surface area (Å²) in [5.41, 5.74) is 3.00. The van der Waals surface area contributed by atoms with E-state index in [1.165, 1.54) is 11.3 Å². The molecule has 6 nitrogen and oxygen atoms in total. The molecule has 2 aromatic rings. The third-order valence-electron chi connectivity index (χ3n) is 3.21. The maximum Gasteiger partial charge on any atom is 0.275 e. The third kappa shape index (κ3) is 5.02. The van der Waals surface area contributed by atoms with Crippen LogP contribution in [-0.2, 0) is 4.74 Å². The highest BCUT2D eigenvalue weighted by Gasteiger charge is 2.20. The first-order chi connectivity index (χ1) is 11.3. The summed E-state index contributed by atoms with van der Waals surface area (Å²) in [7, 11) is 0.